The number of hydrogen-bond donors (Lipinski definition) is 1. The van der Waals surface area contributed by atoms with Crippen molar-refractivity contribution in [3.8, 4) is 0 Å². The van der Waals surface area contributed by atoms with Gasteiger partial charge in [-0.25, -0.2) is 0 Å². The van der Waals surface area contributed by atoms with Crippen molar-refractivity contribution >= 4 is 5.97 Å². The summed E-state index contributed by atoms with van der Waals surface area (Å²) in [5.41, 5.74) is 0. The van der Waals surface area contributed by atoms with Gasteiger partial charge >= 0.3 is 5.97 Å². The van der Waals surface area contributed by atoms with Crippen molar-refractivity contribution in [2.75, 3.05) is 0 Å². The van der Waals surface area contributed by atoms with Crippen LogP contribution in [0.3, 0.4) is 0 Å². The standard InChI is InChI=1S/C8H16O2/c1-2-3-4-5-6-7-8(9)10/h2-7H2,1H3,(H,9,10)/i7D2. The fourth-order valence-electron chi connectivity index (χ4n) is 0.747. The summed E-state index contributed by atoms with van der Waals surface area (Å²) in [5, 5.41) is 8.42. The Morgan fingerprint density at radius 1 is 1.40 bits per heavy atom. The summed E-state index contributed by atoms with van der Waals surface area (Å²) in [6, 6.07) is 0. The van der Waals surface area contributed by atoms with Crippen LogP contribution in [0.25, 0.3) is 0 Å². The summed E-state index contributed by atoms with van der Waals surface area (Å²) >= 11 is 0. The van der Waals surface area contributed by atoms with E-state index in [1.165, 1.54) is 0 Å². The van der Waals surface area contributed by atoms with Crippen LogP contribution in [-0.4, -0.2) is 11.1 Å². The molecule has 0 bridgehead atoms. The van der Waals surface area contributed by atoms with Crippen LogP contribution >= 0.6 is 0 Å². The molecule has 0 aromatic carbocycles. The van der Waals surface area contributed by atoms with Crippen molar-refractivity contribution in [3.63, 3.8) is 0 Å². The van der Waals surface area contributed by atoms with Gasteiger partial charge in [0, 0.05) is 9.11 Å². The molecule has 0 fully saturated rings. The fraction of sp³-hybridized carbons (Fsp3) is 0.875. The molecule has 0 unspecified atom stereocenters. The predicted molar refractivity (Wildman–Crippen MR) is 41.0 cm³/mol. The maximum absolute atomic E-state index is 10.3. The molecule has 0 aromatic rings. The normalized spacial score (nSPS) is 14.1. The van der Waals surface area contributed by atoms with Crippen molar-refractivity contribution in [2.45, 2.75) is 45.4 Å². The van der Waals surface area contributed by atoms with E-state index in [0.717, 1.165) is 19.3 Å². The molecular weight excluding hydrogens is 128 g/mol. The number of hydrogen-bond acceptors (Lipinski definition) is 1. The van der Waals surface area contributed by atoms with Crippen molar-refractivity contribution in [1.82, 2.24) is 0 Å². The minimum Gasteiger partial charge on any atom is -0.481 e. The Bertz CT molecular complexity index is 146. The SMILES string of the molecule is [2H]C([2H])(CCCCCC)C(=O)O. The first-order valence-electron chi connectivity index (χ1n) is 4.74. The van der Waals surface area contributed by atoms with Crippen LogP contribution in [0.4, 0.5) is 0 Å². The molecule has 1 N–H and O–H groups in total. The van der Waals surface area contributed by atoms with Gasteiger partial charge in [-0.15, -0.1) is 0 Å². The average molecular weight is 146 g/mol. The van der Waals surface area contributed by atoms with Crippen LogP contribution in [0.2, 0.25) is 0 Å². The topological polar surface area (TPSA) is 37.3 Å². The Morgan fingerprint density at radius 2 is 2.00 bits per heavy atom. The second-order valence-corrected chi connectivity index (χ2v) is 2.29. The molecular formula is C8H16O2. The van der Waals surface area contributed by atoms with E-state index in [9.17, 15) is 4.79 Å². The molecule has 2 heteroatoms. The van der Waals surface area contributed by atoms with Crippen LogP contribution < -0.4 is 0 Å². The molecule has 0 rings (SSSR count). The minimum absolute atomic E-state index is 0.127. The van der Waals surface area contributed by atoms with Gasteiger partial charge in [0.25, 0.3) is 0 Å². The van der Waals surface area contributed by atoms with E-state index in [0.29, 0.717) is 6.42 Å². The number of carboxylic acids is 1. The van der Waals surface area contributed by atoms with Crippen LogP contribution in [0, 0.1) is 0 Å². The Morgan fingerprint density at radius 3 is 2.50 bits per heavy atom. The van der Waals surface area contributed by atoms with Crippen LogP contribution in [0.5, 0.6) is 0 Å². The van der Waals surface area contributed by atoms with Gasteiger partial charge in [-0.3, -0.25) is 4.79 Å². The van der Waals surface area contributed by atoms with Gasteiger partial charge in [0.15, 0.2) is 0 Å². The lowest BCUT2D eigenvalue weighted by molar-refractivity contribution is -0.137. The maximum Gasteiger partial charge on any atom is 0.303 e. The quantitative estimate of drug-likeness (QED) is 0.584. The van der Waals surface area contributed by atoms with E-state index >= 15 is 0 Å². The highest BCUT2D eigenvalue weighted by Crippen LogP contribution is 2.04. The number of rotatable bonds is 6. The van der Waals surface area contributed by atoms with Gasteiger partial charge in [0.05, 0.1) is 0 Å². The third-order valence-electron chi connectivity index (χ3n) is 1.31. The molecule has 0 aliphatic rings. The molecule has 60 valence electrons. The minimum atomic E-state index is -2.03. The molecule has 0 aliphatic heterocycles. The first kappa shape index (κ1) is 6.20. The molecule has 10 heavy (non-hydrogen) atoms. The van der Waals surface area contributed by atoms with Gasteiger partial charge < -0.3 is 5.11 Å². The molecule has 0 heterocycles. The number of carboxylic acid groups (broad SMARTS) is 1. The average Bonchev–Trinajstić information content (AvgIpc) is 1.98. The van der Waals surface area contributed by atoms with Crippen LogP contribution in [0.15, 0.2) is 0 Å². The lowest BCUT2D eigenvalue weighted by atomic mass is 10.1. The zero-order chi connectivity index (χ0) is 9.61. The monoisotopic (exact) mass is 146 g/mol. The zero-order valence-electron chi connectivity index (χ0n) is 8.39. The van der Waals surface area contributed by atoms with Gasteiger partial charge in [-0.1, -0.05) is 32.6 Å². The van der Waals surface area contributed by atoms with Crippen molar-refractivity contribution in [1.29, 1.82) is 0 Å². The number of carbonyl (C=O) groups is 1. The molecule has 0 spiro atoms. The Labute approximate surface area is 65.1 Å². The lowest BCUT2D eigenvalue weighted by Crippen LogP contribution is -1.93. The third-order valence-corrected chi connectivity index (χ3v) is 1.31. The fourth-order valence-corrected chi connectivity index (χ4v) is 0.747. The molecule has 0 radical (unpaired) electrons. The lowest BCUT2D eigenvalue weighted by Gasteiger charge is -1.95. The van der Waals surface area contributed by atoms with Crippen molar-refractivity contribution in [3.05, 3.63) is 0 Å². The van der Waals surface area contributed by atoms with E-state index in [-0.39, 0.29) is 6.42 Å². The van der Waals surface area contributed by atoms with Gasteiger partial charge in [-0.2, -0.15) is 0 Å². The smallest absolute Gasteiger partial charge is 0.303 e. The van der Waals surface area contributed by atoms with Gasteiger partial charge in [0.2, 0.25) is 0 Å². The van der Waals surface area contributed by atoms with E-state index in [1.807, 2.05) is 0 Å². The van der Waals surface area contributed by atoms with Crippen LogP contribution in [0.1, 0.15) is 48.1 Å². The summed E-state index contributed by atoms with van der Waals surface area (Å²) in [6.07, 6.45) is 1.80. The highest BCUT2D eigenvalue weighted by molar-refractivity contribution is 5.66. The number of aliphatic carboxylic acids is 1. The summed E-state index contributed by atoms with van der Waals surface area (Å²) in [5.74, 6) is -1.35. The summed E-state index contributed by atoms with van der Waals surface area (Å²) in [6.45, 7) is 2.06. The molecule has 0 amide bonds. The molecule has 0 saturated carbocycles. The summed E-state index contributed by atoms with van der Waals surface area (Å²) in [4.78, 5) is 10.3. The molecule has 0 saturated heterocycles. The first-order valence-corrected chi connectivity index (χ1v) is 3.74. The summed E-state index contributed by atoms with van der Waals surface area (Å²) in [7, 11) is 0. The predicted octanol–water partition coefficient (Wildman–Crippen LogP) is 2.43. The third kappa shape index (κ3) is 7.47. The molecule has 0 aliphatic carbocycles. The van der Waals surface area contributed by atoms with Gasteiger partial charge in [-0.05, 0) is 6.42 Å². The van der Waals surface area contributed by atoms with E-state index in [4.69, 9.17) is 7.85 Å². The second kappa shape index (κ2) is 6.59. The van der Waals surface area contributed by atoms with Crippen molar-refractivity contribution in [2.24, 2.45) is 0 Å². The van der Waals surface area contributed by atoms with E-state index < -0.39 is 12.3 Å². The largest absolute Gasteiger partial charge is 0.481 e. The molecule has 0 atom stereocenters. The Hall–Kier alpha value is -0.530. The highest BCUT2D eigenvalue weighted by Gasteiger charge is 1.94. The Balaban J connectivity index is 3.54. The van der Waals surface area contributed by atoms with E-state index in [2.05, 4.69) is 6.92 Å². The van der Waals surface area contributed by atoms with Gasteiger partial charge in [0.1, 0.15) is 0 Å². The first-order chi connectivity index (χ1) is 5.50. The van der Waals surface area contributed by atoms with Crippen molar-refractivity contribution < 1.29 is 12.6 Å². The zero-order valence-corrected chi connectivity index (χ0v) is 6.39. The summed E-state index contributed by atoms with van der Waals surface area (Å²) < 4.78 is 14.2. The van der Waals surface area contributed by atoms with E-state index in [1.54, 1.807) is 0 Å². The highest BCUT2D eigenvalue weighted by atomic mass is 16.4. The maximum atomic E-state index is 10.3. The Kier molecular flexibility index (Phi) is 4.08. The van der Waals surface area contributed by atoms with Crippen LogP contribution in [-0.2, 0) is 4.79 Å². The molecule has 2 nitrogen and oxygen atoms in total. The second-order valence-electron chi connectivity index (χ2n) is 2.29. The molecule has 0 aromatic heterocycles. The number of unbranched alkanes of at least 4 members (excludes halogenated alkanes) is 3.